The summed E-state index contributed by atoms with van der Waals surface area (Å²) in [7, 11) is 1.64. The average Bonchev–Trinajstić information content (AvgIpc) is 3.02. The Balaban J connectivity index is 1.79. The molecule has 0 aliphatic heterocycles. The number of rotatable bonds is 4. The van der Waals surface area contributed by atoms with Gasteiger partial charge in [-0.15, -0.1) is 11.8 Å². The second kappa shape index (κ2) is 7.28. The molecule has 4 nitrogen and oxygen atoms in total. The molecular weight excluding hydrogens is 346 g/mol. The Morgan fingerprint density at radius 3 is 2.79 bits per heavy atom. The van der Waals surface area contributed by atoms with Gasteiger partial charge in [-0.3, -0.25) is 0 Å². The van der Waals surface area contributed by atoms with Gasteiger partial charge >= 0.3 is 5.97 Å². The normalized spacial score (nSPS) is 14.5. The molecule has 24 heavy (non-hydrogen) atoms. The lowest BCUT2D eigenvalue weighted by atomic mass is 10.1. The summed E-state index contributed by atoms with van der Waals surface area (Å²) in [5.74, 6) is 0.262. The Morgan fingerprint density at radius 1 is 1.21 bits per heavy atom. The number of carbonyl (C=O) groups excluding carboxylic acids is 1. The molecule has 0 unspecified atom stereocenters. The van der Waals surface area contributed by atoms with Crippen molar-refractivity contribution in [3.05, 3.63) is 58.1 Å². The Hall–Kier alpha value is -1.98. The highest BCUT2D eigenvalue weighted by molar-refractivity contribution is 7.98. The molecule has 2 aromatic carbocycles. The Kier molecular flexibility index (Phi) is 5.11. The Morgan fingerprint density at radius 2 is 2.04 bits per heavy atom. The summed E-state index contributed by atoms with van der Waals surface area (Å²) in [5, 5.41) is 4.41. The third-order valence-electron chi connectivity index (χ3n) is 3.89. The first kappa shape index (κ1) is 16.9. The van der Waals surface area contributed by atoms with E-state index < -0.39 is 5.97 Å². The van der Waals surface area contributed by atoms with Crippen molar-refractivity contribution in [2.24, 2.45) is 5.16 Å². The number of hydrogen-bond acceptors (Lipinski definition) is 5. The molecule has 0 N–H and O–H groups in total. The van der Waals surface area contributed by atoms with Gasteiger partial charge in [0, 0.05) is 10.5 Å². The average molecular weight is 362 g/mol. The van der Waals surface area contributed by atoms with Gasteiger partial charge in [-0.25, -0.2) is 4.79 Å². The van der Waals surface area contributed by atoms with E-state index in [4.69, 9.17) is 21.2 Å². The van der Waals surface area contributed by atoms with Gasteiger partial charge in [0.2, 0.25) is 0 Å². The lowest BCUT2D eigenvalue weighted by molar-refractivity contribution is 0.0516. The number of benzene rings is 2. The van der Waals surface area contributed by atoms with Crippen molar-refractivity contribution in [1.82, 2.24) is 0 Å². The second-order valence-corrected chi connectivity index (χ2v) is 6.57. The van der Waals surface area contributed by atoms with Crippen molar-refractivity contribution in [2.45, 2.75) is 17.7 Å². The summed E-state index contributed by atoms with van der Waals surface area (Å²) in [6, 6.07) is 11.1. The van der Waals surface area contributed by atoms with Crippen LogP contribution in [0, 0.1) is 0 Å². The molecule has 0 radical (unpaired) electrons. The largest absolute Gasteiger partial charge is 0.497 e. The molecule has 1 aliphatic rings. The number of aryl methyl sites for hydroxylation is 1. The summed E-state index contributed by atoms with van der Waals surface area (Å²) in [5.41, 5.74) is 3.22. The van der Waals surface area contributed by atoms with Crippen LogP contribution in [0.2, 0.25) is 5.02 Å². The van der Waals surface area contributed by atoms with Crippen molar-refractivity contribution >= 4 is 35.0 Å². The molecule has 0 atom stereocenters. The molecule has 124 valence electrons. The van der Waals surface area contributed by atoms with Crippen LogP contribution in [0.3, 0.4) is 0 Å². The highest BCUT2D eigenvalue weighted by Gasteiger charge is 2.20. The lowest BCUT2D eigenvalue weighted by Gasteiger charge is -2.05. The van der Waals surface area contributed by atoms with Crippen molar-refractivity contribution in [1.29, 1.82) is 0 Å². The number of nitrogens with zero attached hydrogens (tertiary/aromatic N) is 1. The molecule has 2 aromatic rings. The molecule has 6 heteroatoms. The zero-order valence-electron chi connectivity index (χ0n) is 13.3. The highest BCUT2D eigenvalue weighted by atomic mass is 35.5. The zero-order chi connectivity index (χ0) is 17.1. The monoisotopic (exact) mass is 361 g/mol. The van der Waals surface area contributed by atoms with E-state index >= 15 is 0 Å². The van der Waals surface area contributed by atoms with Crippen LogP contribution in [0.1, 0.15) is 27.9 Å². The minimum Gasteiger partial charge on any atom is -0.497 e. The van der Waals surface area contributed by atoms with Gasteiger partial charge < -0.3 is 9.57 Å². The van der Waals surface area contributed by atoms with E-state index in [1.807, 2.05) is 30.5 Å². The zero-order valence-corrected chi connectivity index (χ0v) is 14.9. The van der Waals surface area contributed by atoms with Gasteiger partial charge in [-0.05, 0) is 61.1 Å². The second-order valence-electron chi connectivity index (χ2n) is 5.29. The molecule has 0 bridgehead atoms. The fourth-order valence-corrected chi connectivity index (χ4v) is 3.24. The molecule has 0 spiro atoms. The number of hydrogen-bond donors (Lipinski definition) is 0. The van der Waals surface area contributed by atoms with E-state index in [0.717, 1.165) is 40.3 Å². The first-order valence-electron chi connectivity index (χ1n) is 7.41. The number of halogens is 1. The van der Waals surface area contributed by atoms with Gasteiger partial charge in [0.25, 0.3) is 0 Å². The van der Waals surface area contributed by atoms with E-state index in [-0.39, 0.29) is 0 Å². The van der Waals surface area contributed by atoms with Crippen LogP contribution >= 0.6 is 23.4 Å². The molecule has 0 aromatic heterocycles. The number of thioether (sulfide) groups is 1. The van der Waals surface area contributed by atoms with Gasteiger partial charge in [0.15, 0.2) is 0 Å². The summed E-state index contributed by atoms with van der Waals surface area (Å²) in [6.45, 7) is 0. The van der Waals surface area contributed by atoms with E-state index in [0.29, 0.717) is 10.6 Å². The van der Waals surface area contributed by atoms with Crippen LogP contribution in [0.15, 0.2) is 46.4 Å². The number of oxime groups is 1. The van der Waals surface area contributed by atoms with Crippen LogP contribution in [0.5, 0.6) is 5.75 Å². The first-order chi connectivity index (χ1) is 11.6. The SMILES string of the molecule is COc1ccc2c(c1)CC/C2=N\OC(=O)c1cc(SC)ccc1Cl. The van der Waals surface area contributed by atoms with Crippen LogP contribution in [-0.2, 0) is 11.3 Å². The molecule has 0 amide bonds. The van der Waals surface area contributed by atoms with E-state index in [1.165, 1.54) is 11.8 Å². The van der Waals surface area contributed by atoms with E-state index in [1.54, 1.807) is 19.2 Å². The van der Waals surface area contributed by atoms with E-state index in [2.05, 4.69) is 5.16 Å². The highest BCUT2D eigenvalue weighted by Crippen LogP contribution is 2.27. The third kappa shape index (κ3) is 3.42. The van der Waals surface area contributed by atoms with Crippen molar-refractivity contribution in [3.8, 4) is 5.75 Å². The van der Waals surface area contributed by atoms with Crippen LogP contribution < -0.4 is 4.74 Å². The maximum atomic E-state index is 12.3. The van der Waals surface area contributed by atoms with Gasteiger partial charge in [0.05, 0.1) is 23.4 Å². The maximum Gasteiger partial charge on any atom is 0.367 e. The topological polar surface area (TPSA) is 47.9 Å². The minimum atomic E-state index is -0.551. The molecule has 1 aliphatic carbocycles. The third-order valence-corrected chi connectivity index (χ3v) is 4.94. The van der Waals surface area contributed by atoms with Crippen LogP contribution in [-0.4, -0.2) is 25.0 Å². The van der Waals surface area contributed by atoms with Crippen molar-refractivity contribution in [3.63, 3.8) is 0 Å². The fourth-order valence-electron chi connectivity index (χ4n) is 2.60. The standard InChI is InChI=1S/C18H16ClNO3S/c1-22-12-4-6-14-11(9-12)3-8-17(14)20-23-18(21)15-10-13(24-2)5-7-16(15)19/h4-7,9-10H,3,8H2,1-2H3/b20-17+. The molecular formula is C18H16ClNO3S. The van der Waals surface area contributed by atoms with Crippen molar-refractivity contribution in [2.75, 3.05) is 13.4 Å². The lowest BCUT2D eigenvalue weighted by Crippen LogP contribution is -2.05. The number of carbonyl (C=O) groups is 1. The summed E-state index contributed by atoms with van der Waals surface area (Å²) in [6.07, 6.45) is 3.52. The minimum absolute atomic E-state index is 0.320. The first-order valence-corrected chi connectivity index (χ1v) is 9.01. The van der Waals surface area contributed by atoms with Crippen LogP contribution in [0.4, 0.5) is 0 Å². The van der Waals surface area contributed by atoms with Crippen LogP contribution in [0.25, 0.3) is 0 Å². The smallest absolute Gasteiger partial charge is 0.367 e. The fraction of sp³-hybridized carbons (Fsp3) is 0.222. The summed E-state index contributed by atoms with van der Waals surface area (Å²) >= 11 is 7.62. The predicted octanol–water partition coefficient (Wildman–Crippen LogP) is 4.58. The Labute approximate surface area is 149 Å². The quantitative estimate of drug-likeness (QED) is 0.454. The Bertz CT molecular complexity index is 820. The predicted molar refractivity (Wildman–Crippen MR) is 96.5 cm³/mol. The number of fused-ring (bicyclic) bond motifs is 1. The summed E-state index contributed by atoms with van der Waals surface area (Å²) < 4.78 is 5.22. The number of ether oxygens (including phenoxy) is 1. The van der Waals surface area contributed by atoms with Crippen molar-refractivity contribution < 1.29 is 14.4 Å². The molecule has 3 rings (SSSR count). The summed E-state index contributed by atoms with van der Waals surface area (Å²) in [4.78, 5) is 18.3. The molecule has 0 saturated carbocycles. The molecule has 0 fully saturated rings. The van der Waals surface area contributed by atoms with Gasteiger partial charge in [-0.2, -0.15) is 0 Å². The number of methoxy groups -OCH3 is 1. The van der Waals surface area contributed by atoms with Gasteiger partial charge in [-0.1, -0.05) is 16.8 Å². The van der Waals surface area contributed by atoms with Gasteiger partial charge in [0.1, 0.15) is 5.75 Å². The maximum absolute atomic E-state index is 12.3. The van der Waals surface area contributed by atoms with E-state index in [9.17, 15) is 4.79 Å². The molecule has 0 saturated heterocycles. The molecule has 0 heterocycles.